The maximum Gasteiger partial charge on any atom is -0.0135 e. The Morgan fingerprint density at radius 1 is 0.571 bits per heavy atom. The second-order valence-corrected chi connectivity index (χ2v) is 8.59. The van der Waals surface area contributed by atoms with Crippen LogP contribution < -0.4 is 0 Å². The van der Waals surface area contributed by atoms with Gasteiger partial charge in [-0.05, 0) is 29.2 Å². The standard InChI is InChI=1S/C16H30.2C4H10.2C2H6/c1-9-11-14(16(6,7)8)12-13(10-2)15(3,4)5;2*1-3-4-2;2*1-2/h11-12H,9-10H2,1-8H3;2*3-4H2,1-2H3;2*1-2H3/b13-12+,14-11+;;;;. The quantitative estimate of drug-likeness (QED) is 0.404. The minimum absolute atomic E-state index is 0.252. The third-order valence-corrected chi connectivity index (χ3v) is 3.96. The summed E-state index contributed by atoms with van der Waals surface area (Å²) in [4.78, 5) is 0. The fraction of sp³-hybridized carbons (Fsp3) is 0.857. The molecule has 0 heteroatoms. The number of unbranched alkanes of at least 4 members (excludes halogenated alkanes) is 2. The average Bonchev–Trinajstić information content (AvgIpc) is 2.66. The number of allylic oxidation sites excluding steroid dienone is 4. The van der Waals surface area contributed by atoms with Crippen molar-refractivity contribution in [3.8, 4) is 0 Å². The molecule has 0 fully saturated rings. The van der Waals surface area contributed by atoms with Crippen molar-refractivity contribution in [1.82, 2.24) is 0 Å². The normalized spacial score (nSPS) is 11.4. The number of hydrogen-bond acceptors (Lipinski definition) is 0. The molecule has 0 saturated heterocycles. The Labute approximate surface area is 183 Å². The summed E-state index contributed by atoms with van der Waals surface area (Å²) in [6.07, 6.45) is 12.3. The van der Waals surface area contributed by atoms with Crippen LogP contribution in [0.4, 0.5) is 0 Å². The molecule has 0 unspecified atom stereocenters. The van der Waals surface area contributed by atoms with Gasteiger partial charge in [-0.3, -0.25) is 0 Å². The van der Waals surface area contributed by atoms with E-state index in [-0.39, 0.29) is 10.8 Å². The molecule has 0 aliphatic carbocycles. The Morgan fingerprint density at radius 2 is 0.893 bits per heavy atom. The van der Waals surface area contributed by atoms with Crippen molar-refractivity contribution in [2.24, 2.45) is 10.8 Å². The summed E-state index contributed by atoms with van der Waals surface area (Å²) in [5.74, 6) is 0. The van der Waals surface area contributed by atoms with Crippen LogP contribution in [-0.2, 0) is 0 Å². The molecule has 0 aromatic carbocycles. The molecule has 0 aromatic heterocycles. The minimum Gasteiger partial charge on any atom is -0.0811 e. The van der Waals surface area contributed by atoms with Crippen LogP contribution in [0.1, 0.15) is 149 Å². The maximum atomic E-state index is 2.42. The van der Waals surface area contributed by atoms with Gasteiger partial charge in [0.15, 0.2) is 0 Å². The van der Waals surface area contributed by atoms with E-state index in [1.807, 2.05) is 27.7 Å². The molecular formula is C28H62. The van der Waals surface area contributed by atoms with Gasteiger partial charge in [0, 0.05) is 0 Å². The molecule has 0 amide bonds. The first-order valence-corrected chi connectivity index (χ1v) is 12.4. The van der Waals surface area contributed by atoms with E-state index in [0.717, 1.165) is 12.8 Å². The van der Waals surface area contributed by atoms with Crippen LogP contribution in [0, 0.1) is 10.8 Å². The van der Waals surface area contributed by atoms with Crippen molar-refractivity contribution >= 4 is 0 Å². The fourth-order valence-electron chi connectivity index (χ4n) is 1.84. The van der Waals surface area contributed by atoms with Crippen LogP contribution in [0.2, 0.25) is 0 Å². The van der Waals surface area contributed by atoms with E-state index in [1.165, 1.54) is 31.3 Å². The molecule has 0 saturated carbocycles. The lowest BCUT2D eigenvalue weighted by Gasteiger charge is -2.27. The molecule has 0 N–H and O–H groups in total. The Bertz CT molecular complexity index is 307. The predicted molar refractivity (Wildman–Crippen MR) is 140 cm³/mol. The van der Waals surface area contributed by atoms with Gasteiger partial charge in [-0.1, -0.05) is 154 Å². The first-order valence-electron chi connectivity index (χ1n) is 12.4. The van der Waals surface area contributed by atoms with Crippen molar-refractivity contribution in [3.63, 3.8) is 0 Å². The number of hydrogen-bond donors (Lipinski definition) is 0. The van der Waals surface area contributed by atoms with E-state index < -0.39 is 0 Å². The van der Waals surface area contributed by atoms with Crippen molar-refractivity contribution in [2.45, 2.75) is 149 Å². The van der Waals surface area contributed by atoms with Crippen molar-refractivity contribution in [3.05, 3.63) is 23.3 Å². The SMILES string of the molecule is CC.CC.CC/C=C(\C=C(/CC)C(C)(C)C)C(C)(C)C.CCCC.CCCC. The fourth-order valence-corrected chi connectivity index (χ4v) is 1.84. The van der Waals surface area contributed by atoms with E-state index in [9.17, 15) is 0 Å². The van der Waals surface area contributed by atoms with Crippen molar-refractivity contribution in [1.29, 1.82) is 0 Å². The highest BCUT2D eigenvalue weighted by Gasteiger charge is 2.19. The van der Waals surface area contributed by atoms with Gasteiger partial charge in [0.2, 0.25) is 0 Å². The molecule has 0 aliphatic rings. The molecule has 0 rings (SSSR count). The summed E-state index contributed by atoms with van der Waals surface area (Å²) in [6.45, 7) is 35.0. The third kappa shape index (κ3) is 30.2. The summed E-state index contributed by atoms with van der Waals surface area (Å²) in [7, 11) is 0. The lowest BCUT2D eigenvalue weighted by atomic mass is 9.79. The Kier molecular flexibility index (Phi) is 36.1. The monoisotopic (exact) mass is 398 g/mol. The molecule has 174 valence electrons. The van der Waals surface area contributed by atoms with Crippen LogP contribution in [-0.4, -0.2) is 0 Å². The second-order valence-electron chi connectivity index (χ2n) is 8.59. The van der Waals surface area contributed by atoms with Gasteiger partial charge in [-0.15, -0.1) is 0 Å². The highest BCUT2D eigenvalue weighted by atomic mass is 14.2. The Hall–Kier alpha value is -0.520. The molecule has 0 heterocycles. The van der Waals surface area contributed by atoms with Crippen LogP contribution in [0.15, 0.2) is 23.3 Å². The Morgan fingerprint density at radius 3 is 1.04 bits per heavy atom. The molecular weight excluding hydrogens is 336 g/mol. The first-order chi connectivity index (χ1) is 13.0. The minimum atomic E-state index is 0.252. The molecule has 0 spiro atoms. The van der Waals surface area contributed by atoms with Gasteiger partial charge in [0.25, 0.3) is 0 Å². The molecule has 0 atom stereocenters. The smallest absolute Gasteiger partial charge is 0.0135 e. The molecule has 28 heavy (non-hydrogen) atoms. The highest BCUT2D eigenvalue weighted by Crippen LogP contribution is 2.34. The lowest BCUT2D eigenvalue weighted by molar-refractivity contribution is 0.477. The summed E-state index contributed by atoms with van der Waals surface area (Å²) in [5.41, 5.74) is 3.55. The van der Waals surface area contributed by atoms with E-state index >= 15 is 0 Å². The lowest BCUT2D eigenvalue weighted by Crippen LogP contribution is -2.13. The molecule has 0 nitrogen and oxygen atoms in total. The van der Waals surface area contributed by atoms with Gasteiger partial charge < -0.3 is 0 Å². The van der Waals surface area contributed by atoms with E-state index in [1.54, 1.807) is 5.57 Å². The van der Waals surface area contributed by atoms with Gasteiger partial charge >= 0.3 is 0 Å². The van der Waals surface area contributed by atoms with Crippen LogP contribution >= 0.6 is 0 Å². The molecule has 0 aliphatic heterocycles. The largest absolute Gasteiger partial charge is 0.0811 e. The third-order valence-electron chi connectivity index (χ3n) is 3.96. The topological polar surface area (TPSA) is 0 Å². The number of rotatable bonds is 5. The van der Waals surface area contributed by atoms with Gasteiger partial charge in [-0.2, -0.15) is 0 Å². The van der Waals surface area contributed by atoms with E-state index in [4.69, 9.17) is 0 Å². The predicted octanol–water partition coefficient (Wildman–Crippen LogP) is 11.4. The zero-order valence-electron chi connectivity index (χ0n) is 23.4. The first kappa shape index (κ1) is 38.1. The van der Waals surface area contributed by atoms with Crippen LogP contribution in [0.5, 0.6) is 0 Å². The highest BCUT2D eigenvalue weighted by molar-refractivity contribution is 5.30. The van der Waals surface area contributed by atoms with Crippen LogP contribution in [0.3, 0.4) is 0 Å². The van der Waals surface area contributed by atoms with E-state index in [0.29, 0.717) is 0 Å². The van der Waals surface area contributed by atoms with E-state index in [2.05, 4.69) is 95.2 Å². The Balaban J connectivity index is -0.000000121. The van der Waals surface area contributed by atoms with Gasteiger partial charge in [0.1, 0.15) is 0 Å². The average molecular weight is 399 g/mol. The zero-order chi connectivity index (χ0) is 23.8. The molecule has 0 aromatic rings. The van der Waals surface area contributed by atoms with Crippen LogP contribution in [0.25, 0.3) is 0 Å². The summed E-state index contributed by atoms with van der Waals surface area (Å²) < 4.78 is 0. The van der Waals surface area contributed by atoms with Gasteiger partial charge in [-0.25, -0.2) is 0 Å². The summed E-state index contributed by atoms with van der Waals surface area (Å²) in [5, 5.41) is 0. The molecule has 0 radical (unpaired) electrons. The second kappa shape index (κ2) is 26.5. The van der Waals surface area contributed by atoms with Crippen molar-refractivity contribution in [2.75, 3.05) is 0 Å². The summed E-state index contributed by atoms with van der Waals surface area (Å²) >= 11 is 0. The summed E-state index contributed by atoms with van der Waals surface area (Å²) in [6, 6.07) is 0. The maximum absolute atomic E-state index is 2.42. The zero-order valence-corrected chi connectivity index (χ0v) is 23.4. The van der Waals surface area contributed by atoms with Crippen molar-refractivity contribution < 1.29 is 0 Å². The van der Waals surface area contributed by atoms with Gasteiger partial charge in [0.05, 0.1) is 0 Å². The molecule has 0 bridgehead atoms.